The first-order chi connectivity index (χ1) is 13.3. The van der Waals surface area contributed by atoms with Gasteiger partial charge in [0.15, 0.2) is 5.69 Å². The van der Waals surface area contributed by atoms with Crippen LogP contribution in [0.1, 0.15) is 31.2 Å². The van der Waals surface area contributed by atoms with Crippen molar-refractivity contribution in [3.8, 4) is 0 Å². The van der Waals surface area contributed by atoms with E-state index in [1.807, 2.05) is 0 Å². The quantitative estimate of drug-likeness (QED) is 0.613. The van der Waals surface area contributed by atoms with Gasteiger partial charge in [-0.2, -0.15) is 5.10 Å². The molecule has 0 saturated carbocycles. The van der Waals surface area contributed by atoms with Gasteiger partial charge in [0, 0.05) is 24.4 Å². The fraction of sp³-hybridized carbons (Fsp3) is 0.0526. The van der Waals surface area contributed by atoms with Crippen LogP contribution in [0, 0.1) is 0 Å². The minimum absolute atomic E-state index is 0.0847. The van der Waals surface area contributed by atoms with Gasteiger partial charge in [-0.15, -0.1) is 0 Å². The molecule has 0 bridgehead atoms. The van der Waals surface area contributed by atoms with Crippen molar-refractivity contribution in [2.75, 3.05) is 10.6 Å². The summed E-state index contributed by atoms with van der Waals surface area (Å²) < 4.78 is 1.36. The zero-order valence-corrected chi connectivity index (χ0v) is 15.5. The van der Waals surface area contributed by atoms with Gasteiger partial charge in [-0.1, -0.05) is 29.8 Å². The Balaban J connectivity index is 1.75. The first-order valence-electron chi connectivity index (χ1n) is 8.16. The molecule has 3 aromatic rings. The topological polar surface area (TPSA) is 119 Å². The number of nitrogens with zero attached hydrogens (tertiary/aromatic N) is 2. The molecule has 0 aliphatic rings. The van der Waals surface area contributed by atoms with E-state index in [0.29, 0.717) is 22.1 Å². The van der Waals surface area contributed by atoms with Gasteiger partial charge in [0.05, 0.1) is 10.6 Å². The molecule has 0 aliphatic carbocycles. The minimum atomic E-state index is -0.599. The van der Waals surface area contributed by atoms with Crippen molar-refractivity contribution in [2.45, 2.75) is 0 Å². The van der Waals surface area contributed by atoms with Crippen LogP contribution >= 0.6 is 11.6 Å². The van der Waals surface area contributed by atoms with Gasteiger partial charge in [-0.3, -0.25) is 19.1 Å². The number of carbonyl (C=O) groups excluding carboxylic acids is 3. The maximum Gasteiger partial charge on any atom is 0.276 e. The van der Waals surface area contributed by atoms with E-state index in [4.69, 9.17) is 17.3 Å². The second-order valence-electron chi connectivity index (χ2n) is 5.87. The number of halogens is 1. The minimum Gasteiger partial charge on any atom is -0.366 e. The number of benzene rings is 2. The van der Waals surface area contributed by atoms with Crippen LogP contribution in [-0.2, 0) is 7.05 Å². The monoisotopic (exact) mass is 397 g/mol. The molecule has 0 fully saturated rings. The second kappa shape index (κ2) is 7.93. The van der Waals surface area contributed by atoms with Gasteiger partial charge in [0.25, 0.3) is 11.8 Å². The predicted molar refractivity (Wildman–Crippen MR) is 106 cm³/mol. The predicted octanol–water partition coefficient (Wildman–Crippen LogP) is 2.68. The lowest BCUT2D eigenvalue weighted by Crippen LogP contribution is -2.15. The number of carbonyl (C=O) groups is 3. The number of nitrogens with two attached hydrogens (primary N) is 1. The van der Waals surface area contributed by atoms with Crippen molar-refractivity contribution in [2.24, 2.45) is 12.8 Å². The molecular weight excluding hydrogens is 382 g/mol. The van der Waals surface area contributed by atoms with E-state index in [1.54, 1.807) is 49.5 Å². The summed E-state index contributed by atoms with van der Waals surface area (Å²) in [6.07, 6.45) is 0. The molecule has 2 aromatic carbocycles. The third-order valence-electron chi connectivity index (χ3n) is 3.88. The molecule has 8 nitrogen and oxygen atoms in total. The van der Waals surface area contributed by atoms with E-state index in [2.05, 4.69) is 15.7 Å². The molecule has 142 valence electrons. The average molecular weight is 398 g/mol. The van der Waals surface area contributed by atoms with Crippen molar-refractivity contribution in [3.63, 3.8) is 0 Å². The lowest BCUT2D eigenvalue weighted by molar-refractivity contribution is 0.0994. The highest BCUT2D eigenvalue weighted by atomic mass is 35.5. The molecule has 28 heavy (non-hydrogen) atoms. The van der Waals surface area contributed by atoms with Crippen LogP contribution < -0.4 is 16.4 Å². The number of primary amides is 1. The van der Waals surface area contributed by atoms with Crippen LogP contribution in [0.3, 0.4) is 0 Å². The summed E-state index contributed by atoms with van der Waals surface area (Å²) in [4.78, 5) is 36.1. The number of aryl methyl sites for hydroxylation is 1. The van der Waals surface area contributed by atoms with Gasteiger partial charge in [-0.25, -0.2) is 0 Å². The van der Waals surface area contributed by atoms with Crippen LogP contribution in [0.15, 0.2) is 54.6 Å². The zero-order chi connectivity index (χ0) is 20.3. The molecule has 0 saturated heterocycles. The highest BCUT2D eigenvalue weighted by molar-refractivity contribution is 6.34. The van der Waals surface area contributed by atoms with Gasteiger partial charge in [0.1, 0.15) is 5.82 Å². The number of rotatable bonds is 5. The molecule has 0 radical (unpaired) electrons. The summed E-state index contributed by atoms with van der Waals surface area (Å²) >= 11 is 6.03. The summed E-state index contributed by atoms with van der Waals surface area (Å²) in [6, 6.07) is 14.3. The molecule has 0 atom stereocenters. The number of anilines is 2. The maximum atomic E-state index is 12.4. The number of hydrogen-bond donors (Lipinski definition) is 3. The molecule has 3 amide bonds. The largest absolute Gasteiger partial charge is 0.366 e. The molecule has 1 heterocycles. The van der Waals surface area contributed by atoms with Crippen molar-refractivity contribution in [3.05, 3.63) is 76.4 Å². The summed E-state index contributed by atoms with van der Waals surface area (Å²) in [5, 5.41) is 9.71. The SMILES string of the molecule is Cn1nc(C(=O)Nc2cccc(C(N)=O)c2)cc1NC(=O)c1ccccc1Cl. The fourth-order valence-electron chi connectivity index (χ4n) is 2.47. The smallest absolute Gasteiger partial charge is 0.276 e. The number of nitrogens with one attached hydrogen (secondary N) is 2. The van der Waals surface area contributed by atoms with Gasteiger partial charge < -0.3 is 16.4 Å². The van der Waals surface area contributed by atoms with E-state index in [-0.39, 0.29) is 11.3 Å². The normalized spacial score (nSPS) is 10.4. The van der Waals surface area contributed by atoms with E-state index in [9.17, 15) is 14.4 Å². The van der Waals surface area contributed by atoms with Crippen molar-refractivity contribution >= 4 is 40.8 Å². The Morgan fingerprint density at radius 1 is 1.00 bits per heavy atom. The molecule has 9 heteroatoms. The Hall–Kier alpha value is -3.65. The van der Waals surface area contributed by atoms with E-state index >= 15 is 0 Å². The van der Waals surface area contributed by atoms with E-state index < -0.39 is 17.7 Å². The van der Waals surface area contributed by atoms with Crippen LogP contribution in [0.4, 0.5) is 11.5 Å². The standard InChI is InChI=1S/C19H16ClN5O3/c1-25-16(23-18(27)13-7-2-3-8-14(13)20)10-15(24-25)19(28)22-12-6-4-5-11(9-12)17(21)26/h2-10H,1H3,(H2,21,26)(H,22,28)(H,23,27). The molecule has 4 N–H and O–H groups in total. The molecule has 0 unspecified atom stereocenters. The van der Waals surface area contributed by atoms with Crippen LogP contribution in [0.2, 0.25) is 5.02 Å². The Bertz CT molecular complexity index is 1080. The zero-order valence-electron chi connectivity index (χ0n) is 14.8. The van der Waals surface area contributed by atoms with Crippen LogP contribution in [0.25, 0.3) is 0 Å². The van der Waals surface area contributed by atoms with Crippen molar-refractivity contribution in [1.82, 2.24) is 9.78 Å². The lowest BCUT2D eigenvalue weighted by atomic mass is 10.2. The molecule has 1 aromatic heterocycles. The first-order valence-corrected chi connectivity index (χ1v) is 8.54. The van der Waals surface area contributed by atoms with E-state index in [0.717, 1.165) is 0 Å². The molecular formula is C19H16ClN5O3. The highest BCUT2D eigenvalue weighted by Crippen LogP contribution is 2.18. The third-order valence-corrected chi connectivity index (χ3v) is 4.21. The first kappa shape index (κ1) is 19.1. The molecule has 0 aliphatic heterocycles. The Labute approximate surface area is 165 Å². The number of amides is 3. The van der Waals surface area contributed by atoms with Gasteiger partial charge >= 0.3 is 0 Å². The number of aromatic nitrogens is 2. The van der Waals surface area contributed by atoms with Gasteiger partial charge in [0.2, 0.25) is 5.91 Å². The fourth-order valence-corrected chi connectivity index (χ4v) is 2.69. The summed E-state index contributed by atoms with van der Waals surface area (Å²) in [5.41, 5.74) is 6.29. The summed E-state index contributed by atoms with van der Waals surface area (Å²) in [6.45, 7) is 0. The highest BCUT2D eigenvalue weighted by Gasteiger charge is 2.17. The Morgan fingerprint density at radius 3 is 2.46 bits per heavy atom. The number of hydrogen-bond acceptors (Lipinski definition) is 4. The summed E-state index contributed by atoms with van der Waals surface area (Å²) in [5.74, 6) is -1.20. The van der Waals surface area contributed by atoms with Crippen molar-refractivity contribution in [1.29, 1.82) is 0 Å². The Kier molecular flexibility index (Phi) is 5.42. The van der Waals surface area contributed by atoms with Crippen LogP contribution in [0.5, 0.6) is 0 Å². The Morgan fingerprint density at radius 2 is 1.75 bits per heavy atom. The van der Waals surface area contributed by atoms with Crippen molar-refractivity contribution < 1.29 is 14.4 Å². The molecule has 3 rings (SSSR count). The maximum absolute atomic E-state index is 12.4. The third kappa shape index (κ3) is 4.18. The van der Waals surface area contributed by atoms with Gasteiger partial charge in [-0.05, 0) is 30.3 Å². The second-order valence-corrected chi connectivity index (χ2v) is 6.28. The summed E-state index contributed by atoms with van der Waals surface area (Å²) in [7, 11) is 1.59. The molecule has 0 spiro atoms. The van der Waals surface area contributed by atoms with Crippen LogP contribution in [-0.4, -0.2) is 27.5 Å². The van der Waals surface area contributed by atoms with E-state index in [1.165, 1.54) is 16.8 Å². The lowest BCUT2D eigenvalue weighted by Gasteiger charge is -2.06. The average Bonchev–Trinajstić information content (AvgIpc) is 3.03.